The standard InChI is InChI=1S/C14H33N2O9P/c1-8(17)15(9(2)18,10(3)19)7-14(26(23,24)25)16(11(4)20,12(5)21)13(6)22/h8-14,17-22H,7H2,1-6H3/p+2. The van der Waals surface area contributed by atoms with Crippen molar-refractivity contribution in [2.45, 2.75) is 84.7 Å². The second-order valence-corrected chi connectivity index (χ2v) is 8.71. The van der Waals surface area contributed by atoms with E-state index in [1.165, 1.54) is 20.8 Å². The molecule has 8 N–H and O–H groups in total. The van der Waals surface area contributed by atoms with Crippen molar-refractivity contribution in [2.24, 2.45) is 0 Å². The lowest BCUT2D eigenvalue weighted by atomic mass is 10.2. The van der Waals surface area contributed by atoms with Crippen molar-refractivity contribution in [1.29, 1.82) is 0 Å². The van der Waals surface area contributed by atoms with Crippen molar-refractivity contribution in [2.75, 3.05) is 6.54 Å². The minimum atomic E-state index is -5.13. The Labute approximate surface area is 153 Å². The van der Waals surface area contributed by atoms with Gasteiger partial charge in [-0.15, -0.1) is 0 Å². The van der Waals surface area contributed by atoms with Gasteiger partial charge in [0, 0.05) is 41.5 Å². The highest BCUT2D eigenvalue weighted by atomic mass is 31.2. The van der Waals surface area contributed by atoms with Crippen LogP contribution in [0.5, 0.6) is 0 Å². The third kappa shape index (κ3) is 4.45. The van der Waals surface area contributed by atoms with Crippen LogP contribution in [0.2, 0.25) is 0 Å². The Bertz CT molecular complexity index is 447. The Balaban J connectivity index is 6.75. The van der Waals surface area contributed by atoms with E-state index in [0.717, 1.165) is 20.8 Å². The highest BCUT2D eigenvalue weighted by Crippen LogP contribution is 2.50. The van der Waals surface area contributed by atoms with Gasteiger partial charge in [0.1, 0.15) is 0 Å². The van der Waals surface area contributed by atoms with Gasteiger partial charge in [0.2, 0.25) is 5.78 Å². The van der Waals surface area contributed by atoms with E-state index in [1.54, 1.807) is 0 Å². The van der Waals surface area contributed by atoms with Gasteiger partial charge in [-0.25, -0.2) is 8.97 Å². The van der Waals surface area contributed by atoms with Gasteiger partial charge in [-0.3, -0.25) is 4.57 Å². The van der Waals surface area contributed by atoms with E-state index in [1.807, 2.05) is 0 Å². The Morgan fingerprint density at radius 2 is 0.923 bits per heavy atom. The number of quaternary nitrogens is 2. The van der Waals surface area contributed by atoms with Gasteiger partial charge in [-0.05, 0) is 0 Å². The maximum absolute atomic E-state index is 12.3. The number of rotatable bonds is 10. The summed E-state index contributed by atoms with van der Waals surface area (Å²) in [5.74, 6) is -1.94. The molecule has 0 saturated carbocycles. The topological polar surface area (TPSA) is 179 Å². The Hall–Kier alpha value is -0.170. The van der Waals surface area contributed by atoms with Gasteiger partial charge >= 0.3 is 7.60 Å². The largest absolute Gasteiger partial charge is 0.388 e. The molecule has 7 unspecified atom stereocenters. The van der Waals surface area contributed by atoms with Crippen LogP contribution in [0.3, 0.4) is 0 Å². The summed E-state index contributed by atoms with van der Waals surface area (Å²) in [5, 5.41) is 61.4. The van der Waals surface area contributed by atoms with E-state index in [4.69, 9.17) is 0 Å². The van der Waals surface area contributed by atoms with Crippen LogP contribution in [-0.2, 0) is 4.57 Å². The molecule has 0 spiro atoms. The first-order chi connectivity index (χ1) is 11.5. The fourth-order valence-electron chi connectivity index (χ4n) is 3.87. The van der Waals surface area contributed by atoms with Crippen LogP contribution in [0.25, 0.3) is 0 Å². The molecule has 0 aliphatic rings. The van der Waals surface area contributed by atoms with E-state index >= 15 is 0 Å². The monoisotopic (exact) mass is 406 g/mol. The van der Waals surface area contributed by atoms with Gasteiger partial charge in [-0.1, -0.05) is 0 Å². The van der Waals surface area contributed by atoms with Gasteiger partial charge in [0.25, 0.3) is 0 Å². The average molecular weight is 406 g/mol. The lowest BCUT2D eigenvalue weighted by Gasteiger charge is -2.53. The quantitative estimate of drug-likeness (QED) is 0.117. The van der Waals surface area contributed by atoms with E-state index in [0.29, 0.717) is 0 Å². The third-order valence-electron chi connectivity index (χ3n) is 5.41. The molecule has 7 atom stereocenters. The maximum atomic E-state index is 12.3. The SMILES string of the molecule is CC(O)[N+](CC([N+](C(C)O)(C(C)O)C(C)O)P(=O)(O)O)(C(C)O)C(C)O. The molecule has 0 aromatic rings. The predicted molar refractivity (Wildman–Crippen MR) is 91.3 cm³/mol. The molecule has 0 amide bonds. The van der Waals surface area contributed by atoms with Gasteiger partial charge < -0.3 is 40.4 Å². The zero-order valence-electron chi connectivity index (χ0n) is 16.1. The molecular weight excluding hydrogens is 371 g/mol. The molecule has 26 heavy (non-hydrogen) atoms. The number of aliphatic hydroxyl groups excluding tert-OH is 6. The maximum Gasteiger partial charge on any atom is 0.388 e. The van der Waals surface area contributed by atoms with E-state index < -0.39 is 66.3 Å². The Kier molecular flexibility index (Phi) is 8.83. The fourth-order valence-corrected chi connectivity index (χ4v) is 5.46. The van der Waals surface area contributed by atoms with E-state index in [2.05, 4.69) is 0 Å². The molecular formula is C14H35N2O9P+2. The molecule has 0 saturated heterocycles. The predicted octanol–water partition coefficient (Wildman–Crippen LogP) is -1.85. The van der Waals surface area contributed by atoms with Gasteiger partial charge in [-0.2, -0.15) is 0 Å². The van der Waals surface area contributed by atoms with Crippen LogP contribution in [0, 0.1) is 0 Å². The molecule has 0 fully saturated rings. The second-order valence-electron chi connectivity index (χ2n) is 6.93. The molecule has 0 heterocycles. The minimum absolute atomic E-state index is 0.738. The van der Waals surface area contributed by atoms with Crippen molar-refractivity contribution >= 4 is 7.60 Å². The lowest BCUT2D eigenvalue weighted by molar-refractivity contribution is -1.09. The average Bonchev–Trinajstić information content (AvgIpc) is 2.38. The first-order valence-corrected chi connectivity index (χ1v) is 10.1. The molecule has 158 valence electrons. The van der Waals surface area contributed by atoms with Crippen molar-refractivity contribution in [1.82, 2.24) is 0 Å². The van der Waals surface area contributed by atoms with Crippen molar-refractivity contribution < 1.29 is 54.0 Å². The summed E-state index contributed by atoms with van der Waals surface area (Å²) in [7, 11) is -5.13. The smallest absolute Gasteiger partial charge is 0.345 e. The van der Waals surface area contributed by atoms with Crippen molar-refractivity contribution in [3.8, 4) is 0 Å². The Morgan fingerprint density at radius 3 is 1.08 bits per heavy atom. The highest BCUT2D eigenvalue weighted by Gasteiger charge is 2.61. The van der Waals surface area contributed by atoms with Crippen molar-refractivity contribution in [3.63, 3.8) is 0 Å². The van der Waals surface area contributed by atoms with Gasteiger partial charge in [0.15, 0.2) is 43.9 Å². The number of nitrogens with zero attached hydrogens (tertiary/aromatic N) is 2. The summed E-state index contributed by atoms with van der Waals surface area (Å²) in [6.07, 6.45) is -9.22. The van der Waals surface area contributed by atoms with Crippen molar-refractivity contribution in [3.05, 3.63) is 0 Å². The molecule has 0 aromatic carbocycles. The molecule has 12 heteroatoms. The summed E-state index contributed by atoms with van der Waals surface area (Å²) in [5.41, 5.74) is 0. The summed E-state index contributed by atoms with van der Waals surface area (Å²) < 4.78 is 10.1. The third-order valence-corrected chi connectivity index (χ3v) is 6.75. The van der Waals surface area contributed by atoms with Crippen LogP contribution < -0.4 is 0 Å². The van der Waals surface area contributed by atoms with E-state index in [-0.39, 0.29) is 0 Å². The zero-order valence-corrected chi connectivity index (χ0v) is 17.0. The van der Waals surface area contributed by atoms with Crippen LogP contribution >= 0.6 is 7.60 Å². The van der Waals surface area contributed by atoms with Gasteiger partial charge in [0.05, 0.1) is 0 Å². The second kappa shape index (κ2) is 8.89. The van der Waals surface area contributed by atoms with Crippen LogP contribution in [0.4, 0.5) is 0 Å². The molecule has 11 nitrogen and oxygen atoms in total. The van der Waals surface area contributed by atoms with E-state index in [9.17, 15) is 45.0 Å². The number of hydrogen-bond acceptors (Lipinski definition) is 7. The number of hydrogen-bond donors (Lipinski definition) is 8. The Morgan fingerprint density at radius 1 is 0.654 bits per heavy atom. The molecule has 0 radical (unpaired) electrons. The fraction of sp³-hybridized carbons (Fsp3) is 1.00. The van der Waals surface area contributed by atoms with Crippen LogP contribution in [0.15, 0.2) is 0 Å². The lowest BCUT2D eigenvalue weighted by Crippen LogP contribution is -2.75. The first-order valence-electron chi connectivity index (χ1n) is 8.39. The molecule has 0 bridgehead atoms. The van der Waals surface area contributed by atoms with Crippen LogP contribution in [0.1, 0.15) is 41.5 Å². The minimum Gasteiger partial charge on any atom is -0.345 e. The zero-order chi connectivity index (χ0) is 21.2. The highest BCUT2D eigenvalue weighted by molar-refractivity contribution is 7.52. The normalized spacial score (nSPS) is 25.9. The molecule has 0 aliphatic carbocycles. The summed E-state index contributed by atoms with van der Waals surface area (Å²) >= 11 is 0. The molecule has 0 rings (SSSR count). The molecule has 0 aliphatic heterocycles. The number of aliphatic hydroxyl groups is 6. The summed E-state index contributed by atoms with van der Waals surface area (Å²) in [6, 6.07) is 0. The first kappa shape index (κ1) is 25.8. The molecule has 0 aromatic heterocycles. The summed E-state index contributed by atoms with van der Waals surface area (Å²) in [6.45, 7) is 6.43. The van der Waals surface area contributed by atoms with Crippen LogP contribution in [-0.4, -0.2) is 99.1 Å². The summed E-state index contributed by atoms with van der Waals surface area (Å²) in [4.78, 5) is 20.0.